The first-order valence-corrected chi connectivity index (χ1v) is 15.9. The van der Waals surface area contributed by atoms with Crippen LogP contribution in [0.4, 0.5) is 10.1 Å². The molecular weight excluding hydrogens is 583 g/mol. The van der Waals surface area contributed by atoms with Crippen LogP contribution in [0.25, 0.3) is 55.8 Å². The van der Waals surface area contributed by atoms with Crippen LogP contribution in [0.3, 0.4) is 0 Å². The molecule has 0 radical (unpaired) electrons. The summed E-state index contributed by atoms with van der Waals surface area (Å²) >= 11 is 0. The summed E-state index contributed by atoms with van der Waals surface area (Å²) in [5, 5.41) is 11.3. The van der Waals surface area contributed by atoms with Gasteiger partial charge in [-0.2, -0.15) is 5.10 Å². The zero-order chi connectivity index (χ0) is 30.4. The van der Waals surface area contributed by atoms with E-state index in [4.69, 9.17) is 4.98 Å². The number of carbonyl (C=O) groups excluding carboxylic acids is 1. The SMILES string of the molecule is CS(=O)(=O)NCc1cc(F)cc(-c2cccc3[nH]c(-c4n[nH]c5cnc(-c6cncc(NC(=O)C7CCC7)c6)cc45)nc23)c1. The molecule has 7 rings (SSSR count). The fraction of sp³-hybridized carbons (Fsp3) is 0.194. The second-order valence-corrected chi connectivity index (χ2v) is 12.8. The van der Waals surface area contributed by atoms with E-state index in [1.165, 1.54) is 12.1 Å². The molecule has 222 valence electrons. The van der Waals surface area contributed by atoms with Gasteiger partial charge < -0.3 is 10.3 Å². The van der Waals surface area contributed by atoms with Crippen LogP contribution < -0.4 is 10.0 Å². The largest absolute Gasteiger partial charge is 0.337 e. The van der Waals surface area contributed by atoms with Crippen molar-refractivity contribution >= 4 is 43.6 Å². The van der Waals surface area contributed by atoms with Gasteiger partial charge in [0.25, 0.3) is 0 Å². The van der Waals surface area contributed by atoms with Gasteiger partial charge in [-0.15, -0.1) is 0 Å². The molecule has 1 aliphatic rings. The zero-order valence-corrected chi connectivity index (χ0v) is 24.4. The molecule has 1 fully saturated rings. The van der Waals surface area contributed by atoms with E-state index < -0.39 is 15.8 Å². The first-order chi connectivity index (χ1) is 21.2. The number of sulfonamides is 1. The number of nitrogens with zero attached hydrogens (tertiary/aromatic N) is 4. The van der Waals surface area contributed by atoms with E-state index in [9.17, 15) is 17.6 Å². The summed E-state index contributed by atoms with van der Waals surface area (Å²) in [5.41, 5.74) is 6.35. The molecule has 1 saturated carbocycles. The normalized spacial score (nSPS) is 13.8. The quantitative estimate of drug-likeness (QED) is 0.185. The zero-order valence-electron chi connectivity index (χ0n) is 23.6. The first kappa shape index (κ1) is 27.8. The highest BCUT2D eigenvalue weighted by atomic mass is 32.2. The summed E-state index contributed by atoms with van der Waals surface area (Å²) in [6.45, 7) is -0.0354. The maximum Gasteiger partial charge on any atom is 0.227 e. The Labute approximate surface area is 251 Å². The number of anilines is 1. The van der Waals surface area contributed by atoms with Gasteiger partial charge in [-0.1, -0.05) is 18.6 Å². The summed E-state index contributed by atoms with van der Waals surface area (Å²) in [4.78, 5) is 29.5. The van der Waals surface area contributed by atoms with Crippen molar-refractivity contribution in [2.24, 2.45) is 5.92 Å². The number of hydrogen-bond acceptors (Lipinski definition) is 7. The predicted octanol–water partition coefficient (Wildman–Crippen LogP) is 5.16. The van der Waals surface area contributed by atoms with Crippen LogP contribution >= 0.6 is 0 Å². The number of aromatic amines is 2. The molecule has 0 unspecified atom stereocenters. The number of imidazole rings is 1. The third-order valence-corrected chi connectivity index (χ3v) is 8.44. The minimum absolute atomic E-state index is 0.0139. The van der Waals surface area contributed by atoms with Crippen molar-refractivity contribution in [1.29, 1.82) is 0 Å². The van der Waals surface area contributed by atoms with Crippen molar-refractivity contribution in [3.05, 3.63) is 78.5 Å². The van der Waals surface area contributed by atoms with E-state index >= 15 is 0 Å². The highest BCUT2D eigenvalue weighted by molar-refractivity contribution is 7.88. The second kappa shape index (κ2) is 10.9. The molecule has 1 aliphatic carbocycles. The summed E-state index contributed by atoms with van der Waals surface area (Å²) in [6.07, 6.45) is 8.97. The van der Waals surface area contributed by atoms with Crippen molar-refractivity contribution in [1.82, 2.24) is 34.9 Å². The number of para-hydroxylation sites is 1. The Hall–Kier alpha value is -5.01. The van der Waals surface area contributed by atoms with Gasteiger partial charge in [0.15, 0.2) is 5.82 Å². The van der Waals surface area contributed by atoms with Crippen molar-refractivity contribution in [3.8, 4) is 33.9 Å². The Morgan fingerprint density at radius 1 is 1.05 bits per heavy atom. The van der Waals surface area contributed by atoms with Crippen LogP contribution in [-0.4, -0.2) is 50.7 Å². The van der Waals surface area contributed by atoms with Crippen molar-refractivity contribution in [2.45, 2.75) is 25.8 Å². The minimum atomic E-state index is -3.44. The van der Waals surface area contributed by atoms with Crippen LogP contribution in [0.2, 0.25) is 0 Å². The predicted molar refractivity (Wildman–Crippen MR) is 165 cm³/mol. The highest BCUT2D eigenvalue weighted by Crippen LogP contribution is 2.34. The standard InChI is InChI=1S/C31H27FN8O3S/c1-44(42,43)35-13-17-8-19(10-21(32)9-17)23-6-3-7-25-28(23)38-30(37-25)29-24-12-26(34-16-27(24)39-40-29)20-11-22(15-33-14-20)36-31(41)18-4-2-5-18/h3,6-12,14-16,18,35H,2,4-5,13H2,1H3,(H,36,41)(H,37,38)(H,39,40). The molecule has 0 aliphatic heterocycles. The number of H-pyrrole nitrogens is 2. The molecule has 2 aromatic carbocycles. The van der Waals surface area contributed by atoms with Crippen molar-refractivity contribution in [2.75, 3.05) is 11.6 Å². The molecule has 6 aromatic rings. The molecule has 0 spiro atoms. The van der Waals surface area contributed by atoms with E-state index in [1.807, 2.05) is 30.3 Å². The number of aromatic nitrogens is 6. The van der Waals surface area contributed by atoms with Crippen LogP contribution in [0, 0.1) is 11.7 Å². The van der Waals surface area contributed by atoms with Gasteiger partial charge in [0.2, 0.25) is 15.9 Å². The van der Waals surface area contributed by atoms with Gasteiger partial charge >= 0.3 is 0 Å². The fourth-order valence-electron chi connectivity index (χ4n) is 5.32. The lowest BCUT2D eigenvalue weighted by Gasteiger charge is -2.24. The van der Waals surface area contributed by atoms with Gasteiger partial charge in [-0.05, 0) is 60.4 Å². The van der Waals surface area contributed by atoms with Gasteiger partial charge in [0.1, 0.15) is 11.5 Å². The van der Waals surface area contributed by atoms with Gasteiger partial charge in [0.05, 0.1) is 46.6 Å². The smallest absolute Gasteiger partial charge is 0.227 e. The number of carbonyl (C=O) groups is 1. The molecule has 1 amide bonds. The fourth-order valence-corrected chi connectivity index (χ4v) is 5.75. The highest BCUT2D eigenvalue weighted by Gasteiger charge is 2.25. The van der Waals surface area contributed by atoms with Crippen LogP contribution in [-0.2, 0) is 21.4 Å². The maximum absolute atomic E-state index is 14.6. The number of rotatable bonds is 8. The number of pyridine rings is 2. The number of hydrogen-bond donors (Lipinski definition) is 4. The van der Waals surface area contributed by atoms with Crippen molar-refractivity contribution in [3.63, 3.8) is 0 Å². The van der Waals surface area contributed by atoms with E-state index in [2.05, 4.69) is 35.2 Å². The number of nitrogens with one attached hydrogen (secondary N) is 4. The topological polar surface area (TPSA) is 158 Å². The molecule has 4 aromatic heterocycles. The third-order valence-electron chi connectivity index (χ3n) is 7.77. The van der Waals surface area contributed by atoms with E-state index in [0.717, 1.165) is 42.0 Å². The molecule has 0 atom stereocenters. The summed E-state index contributed by atoms with van der Waals surface area (Å²) < 4.78 is 40.1. The summed E-state index contributed by atoms with van der Waals surface area (Å²) in [6, 6.07) is 13.7. The monoisotopic (exact) mass is 610 g/mol. The average Bonchev–Trinajstić information content (AvgIpc) is 3.58. The van der Waals surface area contributed by atoms with Gasteiger partial charge in [-0.25, -0.2) is 22.5 Å². The van der Waals surface area contributed by atoms with E-state index in [1.54, 1.807) is 24.7 Å². The van der Waals surface area contributed by atoms with Crippen molar-refractivity contribution < 1.29 is 17.6 Å². The van der Waals surface area contributed by atoms with Gasteiger partial charge in [-0.3, -0.25) is 19.9 Å². The molecule has 0 saturated heterocycles. The number of benzene rings is 2. The molecule has 11 nitrogen and oxygen atoms in total. The third kappa shape index (κ3) is 5.54. The van der Waals surface area contributed by atoms with E-state index in [-0.39, 0.29) is 18.4 Å². The minimum Gasteiger partial charge on any atom is -0.337 e. The Bertz CT molecular complexity index is 2170. The molecule has 4 N–H and O–H groups in total. The van der Waals surface area contributed by atoms with Crippen LogP contribution in [0.15, 0.2) is 67.1 Å². The lowest BCUT2D eigenvalue weighted by atomic mass is 9.85. The van der Waals surface area contributed by atoms with Gasteiger partial charge in [0, 0.05) is 35.2 Å². The Balaban J connectivity index is 1.23. The maximum atomic E-state index is 14.6. The Kier molecular flexibility index (Phi) is 6.90. The van der Waals surface area contributed by atoms with E-state index in [0.29, 0.717) is 50.6 Å². The number of fused-ring (bicyclic) bond motifs is 2. The lowest BCUT2D eigenvalue weighted by molar-refractivity contribution is -0.122. The molecule has 44 heavy (non-hydrogen) atoms. The second-order valence-electron chi connectivity index (χ2n) is 11.0. The molecule has 0 bridgehead atoms. The number of amides is 1. The summed E-state index contributed by atoms with van der Waals surface area (Å²) in [7, 11) is -3.44. The van der Waals surface area contributed by atoms with Crippen LogP contribution in [0.1, 0.15) is 24.8 Å². The Morgan fingerprint density at radius 3 is 2.70 bits per heavy atom. The number of halogens is 1. The first-order valence-electron chi connectivity index (χ1n) is 14.0. The molecule has 13 heteroatoms. The lowest BCUT2D eigenvalue weighted by Crippen LogP contribution is -2.28. The van der Waals surface area contributed by atoms with Crippen LogP contribution in [0.5, 0.6) is 0 Å². The Morgan fingerprint density at radius 2 is 1.91 bits per heavy atom. The molecule has 4 heterocycles. The summed E-state index contributed by atoms with van der Waals surface area (Å²) in [5.74, 6) is 0.0942. The average molecular weight is 611 g/mol. The molecular formula is C31H27FN8O3S.